The zero-order valence-electron chi connectivity index (χ0n) is 12.6. The molecule has 0 amide bonds. The fourth-order valence-corrected chi connectivity index (χ4v) is 3.54. The molecular formula is C17H26N2O2. The van der Waals surface area contributed by atoms with E-state index in [9.17, 15) is 10.2 Å². The van der Waals surface area contributed by atoms with Gasteiger partial charge < -0.3 is 15.1 Å². The third kappa shape index (κ3) is 3.57. The number of aliphatic hydroxyl groups is 2. The van der Waals surface area contributed by atoms with Gasteiger partial charge >= 0.3 is 0 Å². The van der Waals surface area contributed by atoms with Crippen LogP contribution in [0.15, 0.2) is 24.3 Å². The molecule has 2 aliphatic rings. The molecule has 1 aromatic rings. The van der Waals surface area contributed by atoms with E-state index in [1.807, 2.05) is 0 Å². The van der Waals surface area contributed by atoms with Gasteiger partial charge in [0.15, 0.2) is 0 Å². The van der Waals surface area contributed by atoms with E-state index in [0.717, 1.165) is 6.54 Å². The number of nitrogens with zero attached hydrogens (tertiary/aromatic N) is 2. The third-order valence-corrected chi connectivity index (χ3v) is 4.76. The number of rotatable bonds is 4. The van der Waals surface area contributed by atoms with Crippen LogP contribution in [0, 0.1) is 0 Å². The van der Waals surface area contributed by atoms with Crippen molar-refractivity contribution in [2.24, 2.45) is 0 Å². The molecule has 0 spiro atoms. The molecular weight excluding hydrogens is 264 g/mol. The Bertz CT molecular complexity index is 443. The minimum atomic E-state index is -0.297. The van der Waals surface area contributed by atoms with Crippen molar-refractivity contribution in [1.29, 1.82) is 0 Å². The summed E-state index contributed by atoms with van der Waals surface area (Å²) in [6, 6.07) is 8.88. The van der Waals surface area contributed by atoms with Crippen molar-refractivity contribution in [3.8, 4) is 0 Å². The van der Waals surface area contributed by atoms with Gasteiger partial charge in [-0.25, -0.2) is 0 Å². The highest BCUT2D eigenvalue weighted by molar-refractivity contribution is 5.47. The van der Waals surface area contributed by atoms with Gasteiger partial charge in [-0.3, -0.25) is 4.90 Å². The van der Waals surface area contributed by atoms with E-state index in [-0.39, 0.29) is 18.8 Å². The quantitative estimate of drug-likeness (QED) is 0.884. The van der Waals surface area contributed by atoms with Crippen LogP contribution >= 0.6 is 0 Å². The molecule has 2 atom stereocenters. The van der Waals surface area contributed by atoms with Gasteiger partial charge in [0, 0.05) is 37.9 Å². The van der Waals surface area contributed by atoms with Crippen LogP contribution in [0.3, 0.4) is 0 Å². The summed E-state index contributed by atoms with van der Waals surface area (Å²) in [5, 5.41) is 19.1. The van der Waals surface area contributed by atoms with Gasteiger partial charge in [0.1, 0.15) is 0 Å². The zero-order chi connectivity index (χ0) is 14.7. The Balaban J connectivity index is 1.61. The lowest BCUT2D eigenvalue weighted by Gasteiger charge is -2.29. The van der Waals surface area contributed by atoms with Crippen LogP contribution in [0.5, 0.6) is 0 Å². The van der Waals surface area contributed by atoms with Gasteiger partial charge in [-0.2, -0.15) is 0 Å². The maximum Gasteiger partial charge on any atom is 0.0683 e. The number of likely N-dealkylation sites (tertiary alicyclic amines) is 1. The summed E-state index contributed by atoms with van der Waals surface area (Å²) in [5.74, 6) is 0. The number of β-amino-alcohol motifs (C(OH)–C–C–N with tert-alkyl or cyclic N) is 1. The molecule has 0 bridgehead atoms. The molecule has 2 heterocycles. The summed E-state index contributed by atoms with van der Waals surface area (Å²) < 4.78 is 0. The van der Waals surface area contributed by atoms with E-state index in [1.165, 1.54) is 43.6 Å². The molecule has 4 heteroatoms. The average molecular weight is 290 g/mol. The Kier molecular flexibility index (Phi) is 4.78. The van der Waals surface area contributed by atoms with Crippen molar-refractivity contribution in [3.05, 3.63) is 29.8 Å². The van der Waals surface area contributed by atoms with E-state index < -0.39 is 0 Å². The molecule has 116 valence electrons. The van der Waals surface area contributed by atoms with Crippen molar-refractivity contribution in [1.82, 2.24) is 4.90 Å². The molecule has 3 rings (SSSR count). The van der Waals surface area contributed by atoms with Gasteiger partial charge in [-0.05, 0) is 43.4 Å². The molecule has 0 saturated carbocycles. The second-order valence-electron chi connectivity index (χ2n) is 6.37. The number of anilines is 1. The van der Waals surface area contributed by atoms with Gasteiger partial charge in [-0.15, -0.1) is 0 Å². The summed E-state index contributed by atoms with van der Waals surface area (Å²) in [6.45, 7) is 3.94. The lowest BCUT2D eigenvalue weighted by atomic mass is 10.1. The molecule has 2 saturated heterocycles. The molecule has 4 nitrogen and oxygen atoms in total. The first kappa shape index (κ1) is 14.8. The first-order valence-corrected chi connectivity index (χ1v) is 8.13. The predicted molar refractivity (Wildman–Crippen MR) is 84.4 cm³/mol. The summed E-state index contributed by atoms with van der Waals surface area (Å²) in [7, 11) is 0. The van der Waals surface area contributed by atoms with Crippen molar-refractivity contribution in [2.75, 3.05) is 31.1 Å². The number of benzene rings is 1. The molecule has 21 heavy (non-hydrogen) atoms. The molecule has 0 unspecified atom stereocenters. The molecule has 0 aliphatic carbocycles. The summed E-state index contributed by atoms with van der Waals surface area (Å²) in [4.78, 5) is 4.64. The van der Waals surface area contributed by atoms with Crippen LogP contribution in [0.25, 0.3) is 0 Å². The average Bonchev–Trinajstić information content (AvgIpc) is 2.88. The topological polar surface area (TPSA) is 46.9 Å². The smallest absolute Gasteiger partial charge is 0.0683 e. The van der Waals surface area contributed by atoms with Crippen LogP contribution < -0.4 is 4.90 Å². The van der Waals surface area contributed by atoms with Crippen molar-refractivity contribution < 1.29 is 10.2 Å². The summed E-state index contributed by atoms with van der Waals surface area (Å²) >= 11 is 0. The monoisotopic (exact) mass is 290 g/mol. The second-order valence-corrected chi connectivity index (χ2v) is 6.37. The lowest BCUT2D eigenvalue weighted by Crippen LogP contribution is -2.32. The molecule has 2 fully saturated rings. The van der Waals surface area contributed by atoms with Gasteiger partial charge in [0.2, 0.25) is 0 Å². The molecule has 2 aliphatic heterocycles. The number of hydrogen-bond acceptors (Lipinski definition) is 4. The van der Waals surface area contributed by atoms with Gasteiger partial charge in [0.25, 0.3) is 0 Å². The fraction of sp³-hybridized carbons (Fsp3) is 0.647. The number of aliphatic hydroxyl groups excluding tert-OH is 2. The Morgan fingerprint density at radius 3 is 2.43 bits per heavy atom. The molecule has 0 radical (unpaired) electrons. The second kappa shape index (κ2) is 6.77. The summed E-state index contributed by atoms with van der Waals surface area (Å²) in [6.07, 6.45) is 4.34. The highest BCUT2D eigenvalue weighted by Crippen LogP contribution is 2.23. The third-order valence-electron chi connectivity index (χ3n) is 4.76. The van der Waals surface area contributed by atoms with Crippen LogP contribution in [0.2, 0.25) is 0 Å². The normalized spacial score (nSPS) is 27.2. The Labute approximate surface area is 127 Å². The minimum absolute atomic E-state index is 0.0989. The van der Waals surface area contributed by atoms with Crippen LogP contribution in [0.4, 0.5) is 5.69 Å². The van der Waals surface area contributed by atoms with Crippen molar-refractivity contribution in [2.45, 2.75) is 44.4 Å². The van der Waals surface area contributed by atoms with E-state index in [4.69, 9.17) is 0 Å². The highest BCUT2D eigenvalue weighted by atomic mass is 16.3. The van der Waals surface area contributed by atoms with Gasteiger partial charge in [0.05, 0.1) is 12.7 Å². The fourth-order valence-electron chi connectivity index (χ4n) is 3.54. The Morgan fingerprint density at radius 1 is 1.05 bits per heavy atom. The maximum atomic E-state index is 9.73. The van der Waals surface area contributed by atoms with Crippen LogP contribution in [-0.4, -0.2) is 53.5 Å². The zero-order valence-corrected chi connectivity index (χ0v) is 12.6. The predicted octanol–water partition coefficient (Wildman–Crippen LogP) is 1.60. The Morgan fingerprint density at radius 2 is 1.76 bits per heavy atom. The van der Waals surface area contributed by atoms with Crippen molar-refractivity contribution >= 4 is 5.69 Å². The largest absolute Gasteiger partial charge is 0.395 e. The SMILES string of the molecule is OC[C@@H]1C[C@@H](O)CN1Cc1ccc(N2CCCCC2)cc1. The van der Waals surface area contributed by atoms with Crippen molar-refractivity contribution in [3.63, 3.8) is 0 Å². The number of hydrogen-bond donors (Lipinski definition) is 2. The maximum absolute atomic E-state index is 9.73. The summed E-state index contributed by atoms with van der Waals surface area (Å²) in [5.41, 5.74) is 2.57. The van der Waals surface area contributed by atoms with Gasteiger partial charge in [-0.1, -0.05) is 12.1 Å². The number of piperidine rings is 1. The lowest BCUT2D eigenvalue weighted by molar-refractivity contribution is 0.150. The van der Waals surface area contributed by atoms with Crippen LogP contribution in [0.1, 0.15) is 31.2 Å². The van der Waals surface area contributed by atoms with E-state index in [1.54, 1.807) is 0 Å². The van der Waals surface area contributed by atoms with E-state index >= 15 is 0 Å². The molecule has 0 aromatic heterocycles. The standard InChI is InChI=1S/C17H26N2O2/c20-13-16-10-17(21)12-19(16)11-14-4-6-15(7-5-14)18-8-2-1-3-9-18/h4-7,16-17,20-21H,1-3,8-13H2/t16-,17+/m0/s1. The van der Waals surface area contributed by atoms with E-state index in [0.29, 0.717) is 13.0 Å². The van der Waals surface area contributed by atoms with Crippen LogP contribution in [-0.2, 0) is 6.54 Å². The van der Waals surface area contributed by atoms with E-state index in [2.05, 4.69) is 34.1 Å². The molecule has 2 N–H and O–H groups in total. The first-order chi connectivity index (χ1) is 10.3. The minimum Gasteiger partial charge on any atom is -0.395 e. The Hall–Kier alpha value is -1.10. The highest BCUT2D eigenvalue weighted by Gasteiger charge is 2.30. The first-order valence-electron chi connectivity index (χ1n) is 8.13. The molecule has 1 aromatic carbocycles.